The number of aromatic amines is 1. The van der Waals surface area contributed by atoms with E-state index in [4.69, 9.17) is 16.3 Å². The summed E-state index contributed by atoms with van der Waals surface area (Å²) in [6.07, 6.45) is 1.88. The van der Waals surface area contributed by atoms with Crippen molar-refractivity contribution in [3.8, 4) is 0 Å². The number of H-pyrrole nitrogens is 1. The van der Waals surface area contributed by atoms with Crippen molar-refractivity contribution in [2.45, 2.75) is 26.4 Å². The van der Waals surface area contributed by atoms with Crippen LogP contribution in [0.2, 0.25) is 5.15 Å². The lowest BCUT2D eigenvalue weighted by molar-refractivity contribution is 0.109. The molecule has 0 fully saturated rings. The molecule has 0 saturated heterocycles. The Bertz CT molecular complexity index is 547. The normalized spacial score (nSPS) is 15.4. The highest BCUT2D eigenvalue weighted by Gasteiger charge is 2.17. The first-order valence-corrected chi connectivity index (χ1v) is 5.94. The van der Waals surface area contributed by atoms with Gasteiger partial charge in [0.05, 0.1) is 13.2 Å². The van der Waals surface area contributed by atoms with Crippen molar-refractivity contribution in [1.29, 1.82) is 0 Å². The average Bonchev–Trinajstić information content (AvgIpc) is 2.65. The number of nitrogens with one attached hydrogen (secondary N) is 1. The number of aromatic nitrogens is 2. The molecule has 16 heavy (non-hydrogen) atoms. The van der Waals surface area contributed by atoms with Crippen LogP contribution >= 0.6 is 11.6 Å². The lowest BCUT2D eigenvalue weighted by atomic mass is 10.1. The summed E-state index contributed by atoms with van der Waals surface area (Å²) >= 11 is 6.10. The van der Waals surface area contributed by atoms with Crippen LogP contribution in [-0.4, -0.2) is 16.6 Å². The largest absolute Gasteiger partial charge is 0.375 e. The molecule has 0 spiro atoms. The number of fused-ring (bicyclic) bond motifs is 3. The van der Waals surface area contributed by atoms with Gasteiger partial charge in [-0.25, -0.2) is 4.98 Å². The third kappa shape index (κ3) is 1.43. The van der Waals surface area contributed by atoms with Crippen LogP contribution in [-0.2, 0) is 24.2 Å². The van der Waals surface area contributed by atoms with Gasteiger partial charge in [-0.1, -0.05) is 18.5 Å². The molecule has 1 aliphatic heterocycles. The van der Waals surface area contributed by atoms with Gasteiger partial charge in [0.25, 0.3) is 0 Å². The van der Waals surface area contributed by atoms with Crippen molar-refractivity contribution in [3.63, 3.8) is 0 Å². The van der Waals surface area contributed by atoms with Gasteiger partial charge in [-0.05, 0) is 30.0 Å². The van der Waals surface area contributed by atoms with E-state index < -0.39 is 0 Å². The lowest BCUT2D eigenvalue weighted by Gasteiger charge is -2.11. The van der Waals surface area contributed by atoms with E-state index in [9.17, 15) is 0 Å². The van der Waals surface area contributed by atoms with Gasteiger partial charge in [0.15, 0.2) is 0 Å². The van der Waals surface area contributed by atoms with Gasteiger partial charge in [-0.15, -0.1) is 0 Å². The van der Waals surface area contributed by atoms with Crippen molar-refractivity contribution >= 4 is 22.6 Å². The van der Waals surface area contributed by atoms with E-state index in [1.165, 1.54) is 10.9 Å². The van der Waals surface area contributed by atoms with E-state index in [0.717, 1.165) is 36.4 Å². The quantitative estimate of drug-likeness (QED) is 0.774. The minimum absolute atomic E-state index is 0.606. The van der Waals surface area contributed by atoms with Gasteiger partial charge in [-0.2, -0.15) is 0 Å². The zero-order valence-corrected chi connectivity index (χ0v) is 9.90. The molecule has 3 rings (SSSR count). The van der Waals surface area contributed by atoms with Crippen molar-refractivity contribution in [3.05, 3.63) is 28.0 Å². The van der Waals surface area contributed by atoms with Crippen LogP contribution < -0.4 is 0 Å². The molecule has 0 aromatic carbocycles. The number of pyridine rings is 1. The maximum Gasteiger partial charge on any atom is 0.139 e. The lowest BCUT2D eigenvalue weighted by Crippen LogP contribution is -2.08. The predicted octanol–water partition coefficient (Wildman–Crippen LogP) is 2.85. The highest BCUT2D eigenvalue weighted by Crippen LogP contribution is 2.28. The van der Waals surface area contributed by atoms with E-state index in [1.807, 2.05) is 0 Å². The summed E-state index contributed by atoms with van der Waals surface area (Å²) in [4.78, 5) is 7.69. The predicted molar refractivity (Wildman–Crippen MR) is 63.8 cm³/mol. The summed E-state index contributed by atoms with van der Waals surface area (Å²) in [5.74, 6) is 0. The van der Waals surface area contributed by atoms with Gasteiger partial charge in [-0.3, -0.25) is 0 Å². The molecule has 3 nitrogen and oxygen atoms in total. The Morgan fingerprint density at radius 3 is 3.25 bits per heavy atom. The topological polar surface area (TPSA) is 37.9 Å². The number of aryl methyl sites for hydroxylation is 1. The van der Waals surface area contributed by atoms with Crippen molar-refractivity contribution < 1.29 is 4.74 Å². The van der Waals surface area contributed by atoms with Gasteiger partial charge in [0.2, 0.25) is 0 Å². The molecule has 2 aromatic heterocycles. The van der Waals surface area contributed by atoms with E-state index in [-0.39, 0.29) is 0 Å². The Balaban J connectivity index is 2.27. The average molecular weight is 237 g/mol. The first kappa shape index (κ1) is 10.1. The third-order valence-electron chi connectivity index (χ3n) is 3.13. The van der Waals surface area contributed by atoms with Crippen LogP contribution in [0, 0.1) is 0 Å². The smallest absolute Gasteiger partial charge is 0.139 e. The molecule has 0 amide bonds. The third-order valence-corrected chi connectivity index (χ3v) is 3.46. The Labute approximate surface area is 98.8 Å². The number of rotatable bonds is 1. The molecule has 0 radical (unpaired) electrons. The zero-order valence-electron chi connectivity index (χ0n) is 9.14. The maximum atomic E-state index is 6.10. The molecule has 0 saturated carbocycles. The molecular formula is C12H13ClN2O. The van der Waals surface area contributed by atoms with Crippen LogP contribution in [0.15, 0.2) is 6.07 Å². The van der Waals surface area contributed by atoms with Crippen molar-refractivity contribution in [2.75, 3.05) is 6.61 Å². The highest BCUT2D eigenvalue weighted by molar-refractivity contribution is 6.30. The second kappa shape index (κ2) is 3.75. The summed E-state index contributed by atoms with van der Waals surface area (Å²) in [6.45, 7) is 3.55. The van der Waals surface area contributed by atoms with Gasteiger partial charge >= 0.3 is 0 Å². The van der Waals surface area contributed by atoms with Gasteiger partial charge in [0.1, 0.15) is 10.8 Å². The number of ether oxygens (including phenoxy) is 1. The summed E-state index contributed by atoms with van der Waals surface area (Å²) < 4.78 is 5.42. The SMILES string of the molecule is CCc1cc2c3c([nH]c2nc1Cl)COCC3. The van der Waals surface area contributed by atoms with Crippen molar-refractivity contribution in [2.24, 2.45) is 0 Å². The number of hydrogen-bond acceptors (Lipinski definition) is 2. The fourth-order valence-corrected chi connectivity index (χ4v) is 2.52. The van der Waals surface area contributed by atoms with E-state index in [2.05, 4.69) is 23.0 Å². The second-order valence-corrected chi connectivity index (χ2v) is 4.43. The van der Waals surface area contributed by atoms with Crippen LogP contribution in [0.3, 0.4) is 0 Å². The molecule has 84 valence electrons. The second-order valence-electron chi connectivity index (χ2n) is 4.07. The van der Waals surface area contributed by atoms with E-state index >= 15 is 0 Å². The first-order valence-electron chi connectivity index (χ1n) is 5.56. The maximum absolute atomic E-state index is 6.10. The molecule has 0 aliphatic carbocycles. The molecule has 4 heteroatoms. The van der Waals surface area contributed by atoms with E-state index in [0.29, 0.717) is 11.8 Å². The van der Waals surface area contributed by atoms with Crippen molar-refractivity contribution in [1.82, 2.24) is 9.97 Å². The van der Waals surface area contributed by atoms with Crippen LogP contribution in [0.4, 0.5) is 0 Å². The fourth-order valence-electron chi connectivity index (χ4n) is 2.24. The molecule has 0 atom stereocenters. The molecule has 0 unspecified atom stereocenters. The first-order chi connectivity index (χ1) is 7.79. The molecule has 1 N–H and O–H groups in total. The minimum atomic E-state index is 0.606. The molecule has 1 aliphatic rings. The Morgan fingerprint density at radius 2 is 2.44 bits per heavy atom. The number of halogens is 1. The van der Waals surface area contributed by atoms with Crippen LogP contribution in [0.25, 0.3) is 11.0 Å². The Hall–Kier alpha value is -1.06. The van der Waals surface area contributed by atoms with E-state index in [1.54, 1.807) is 0 Å². The summed E-state index contributed by atoms with van der Waals surface area (Å²) in [5, 5.41) is 1.81. The number of nitrogens with zero attached hydrogens (tertiary/aromatic N) is 1. The Kier molecular flexibility index (Phi) is 2.37. The number of hydrogen-bond donors (Lipinski definition) is 1. The standard InChI is InChI=1S/C12H13ClN2O/c1-2-7-5-9-8-3-4-16-6-10(8)14-12(9)15-11(7)13/h5H,2-4,6H2,1H3,(H,14,15). The molecule has 3 heterocycles. The summed E-state index contributed by atoms with van der Waals surface area (Å²) in [7, 11) is 0. The van der Waals surface area contributed by atoms with Gasteiger partial charge in [0, 0.05) is 11.1 Å². The van der Waals surface area contributed by atoms with Crippen LogP contribution in [0.5, 0.6) is 0 Å². The highest BCUT2D eigenvalue weighted by atomic mass is 35.5. The molecular weight excluding hydrogens is 224 g/mol. The Morgan fingerprint density at radius 1 is 1.56 bits per heavy atom. The van der Waals surface area contributed by atoms with Gasteiger partial charge < -0.3 is 9.72 Å². The van der Waals surface area contributed by atoms with Crippen LogP contribution in [0.1, 0.15) is 23.7 Å². The summed E-state index contributed by atoms with van der Waals surface area (Å²) in [5.41, 5.74) is 4.50. The molecule has 2 aromatic rings. The zero-order chi connectivity index (χ0) is 11.1. The fraction of sp³-hybridized carbons (Fsp3) is 0.417. The monoisotopic (exact) mass is 236 g/mol. The summed E-state index contributed by atoms with van der Waals surface area (Å²) in [6, 6.07) is 2.16. The molecule has 0 bridgehead atoms. The minimum Gasteiger partial charge on any atom is -0.375 e.